The first-order valence-corrected chi connectivity index (χ1v) is 8.95. The molecule has 4 nitrogen and oxygen atoms in total. The summed E-state index contributed by atoms with van der Waals surface area (Å²) < 4.78 is 1.87. The molecule has 1 N–H and O–H groups in total. The highest BCUT2D eigenvalue weighted by atomic mass is 16.4. The molecule has 0 radical (unpaired) electrons. The van der Waals surface area contributed by atoms with Crippen LogP contribution in [0.2, 0.25) is 0 Å². The fraction of sp³-hybridized carbons (Fsp3) is 0.0833. The van der Waals surface area contributed by atoms with Crippen LogP contribution in [-0.4, -0.2) is 20.9 Å². The van der Waals surface area contributed by atoms with E-state index in [0.29, 0.717) is 0 Å². The number of carbonyl (C=O) groups is 1. The number of nitrogens with zero attached hydrogens (tertiary/aromatic N) is 2. The van der Waals surface area contributed by atoms with E-state index in [1.807, 2.05) is 60.2 Å². The van der Waals surface area contributed by atoms with Crippen LogP contribution in [0.3, 0.4) is 0 Å². The Kier molecular flexibility index (Phi) is 7.73. The molecule has 1 aromatic heterocycles. The van der Waals surface area contributed by atoms with E-state index < -0.39 is 5.97 Å². The second-order valence-electron chi connectivity index (χ2n) is 5.81. The monoisotopic (exact) mass is 372 g/mol. The maximum atomic E-state index is 11.1. The zero-order valence-corrected chi connectivity index (χ0v) is 16.0. The van der Waals surface area contributed by atoms with Gasteiger partial charge in [-0.05, 0) is 37.3 Å². The van der Waals surface area contributed by atoms with E-state index in [0.717, 1.165) is 29.1 Å². The third-order valence-electron chi connectivity index (χ3n) is 3.98. The Balaban J connectivity index is 0.00000136. The second kappa shape index (κ2) is 10.5. The fourth-order valence-electron chi connectivity index (χ4n) is 2.66. The van der Waals surface area contributed by atoms with Crippen molar-refractivity contribution in [2.24, 2.45) is 0 Å². The minimum absolute atomic E-state index is 0.263. The van der Waals surface area contributed by atoms with E-state index in [2.05, 4.69) is 25.3 Å². The number of hydrogen-bond donors (Lipinski definition) is 1. The number of aromatic carboxylic acids is 1. The Hall–Kier alpha value is -3.66. The molecule has 28 heavy (non-hydrogen) atoms. The lowest BCUT2D eigenvalue weighted by Crippen LogP contribution is -2.03. The van der Waals surface area contributed by atoms with Gasteiger partial charge in [-0.3, -0.25) is 0 Å². The summed E-state index contributed by atoms with van der Waals surface area (Å²) in [6, 6.07) is 18.8. The molecule has 0 atom stereocenters. The normalized spacial score (nSPS) is 10.8. The lowest BCUT2D eigenvalue weighted by molar-refractivity contribution is 0.0697. The predicted molar refractivity (Wildman–Crippen MR) is 115 cm³/mol. The summed E-state index contributed by atoms with van der Waals surface area (Å²) in [5.41, 5.74) is 4.08. The van der Waals surface area contributed by atoms with Crippen LogP contribution in [0, 0.1) is 0 Å². The van der Waals surface area contributed by atoms with E-state index in [-0.39, 0.29) is 5.56 Å². The van der Waals surface area contributed by atoms with Crippen LogP contribution in [0.5, 0.6) is 0 Å². The van der Waals surface area contributed by atoms with E-state index in [4.69, 9.17) is 10.2 Å². The lowest BCUT2D eigenvalue weighted by atomic mass is 10.1. The molecule has 0 aliphatic rings. The molecule has 0 amide bonds. The standard InChI is InChI=1S/C22H20N2O2.C2H4/c1-2-3-4-8-11-20-16-21(17-9-6-5-7-10-17)23-24(20)19-14-12-18(13-15-19)22(25)26;1-2/h2-10,12-16H,11H2,1H3,(H,25,26);1-2H2/b3-2-,8-4-;. The molecular formula is C24H24N2O2. The van der Waals surface area contributed by atoms with Crippen molar-refractivity contribution >= 4 is 5.97 Å². The summed E-state index contributed by atoms with van der Waals surface area (Å²) in [7, 11) is 0. The van der Waals surface area contributed by atoms with Crippen LogP contribution >= 0.6 is 0 Å². The minimum Gasteiger partial charge on any atom is -0.478 e. The number of hydrogen-bond acceptors (Lipinski definition) is 2. The largest absolute Gasteiger partial charge is 0.478 e. The summed E-state index contributed by atoms with van der Waals surface area (Å²) in [5, 5.41) is 13.8. The van der Waals surface area contributed by atoms with Crippen LogP contribution in [0.15, 0.2) is 98.1 Å². The Morgan fingerprint density at radius 1 is 1.07 bits per heavy atom. The van der Waals surface area contributed by atoms with E-state index in [1.54, 1.807) is 24.3 Å². The molecule has 0 aliphatic heterocycles. The molecule has 2 aromatic carbocycles. The predicted octanol–water partition coefficient (Wildman–Crippen LogP) is 5.71. The summed E-state index contributed by atoms with van der Waals surface area (Å²) in [5.74, 6) is -0.934. The summed E-state index contributed by atoms with van der Waals surface area (Å²) in [6.45, 7) is 7.98. The number of allylic oxidation sites excluding steroid dienone is 4. The molecule has 3 rings (SSSR count). The minimum atomic E-state index is -0.934. The van der Waals surface area contributed by atoms with Gasteiger partial charge >= 0.3 is 5.97 Å². The molecule has 1 heterocycles. The van der Waals surface area contributed by atoms with E-state index >= 15 is 0 Å². The van der Waals surface area contributed by atoms with Crippen molar-refractivity contribution in [1.29, 1.82) is 0 Å². The number of benzene rings is 2. The van der Waals surface area contributed by atoms with Gasteiger partial charge < -0.3 is 5.11 Å². The van der Waals surface area contributed by atoms with Crippen molar-refractivity contribution in [3.63, 3.8) is 0 Å². The summed E-state index contributed by atoms with van der Waals surface area (Å²) in [6.07, 6.45) is 8.78. The van der Waals surface area contributed by atoms with Gasteiger partial charge in [0.15, 0.2) is 0 Å². The smallest absolute Gasteiger partial charge is 0.335 e. The SMILES string of the molecule is C/C=C\C=C/Cc1cc(-c2ccccc2)nn1-c1ccc(C(=O)O)cc1.C=C. The Morgan fingerprint density at radius 3 is 2.36 bits per heavy atom. The molecular weight excluding hydrogens is 348 g/mol. The molecule has 0 unspecified atom stereocenters. The zero-order valence-electron chi connectivity index (χ0n) is 16.0. The third kappa shape index (κ3) is 5.17. The highest BCUT2D eigenvalue weighted by Crippen LogP contribution is 2.22. The molecule has 0 bridgehead atoms. The Bertz CT molecular complexity index is 952. The topological polar surface area (TPSA) is 55.1 Å². The van der Waals surface area contributed by atoms with E-state index in [9.17, 15) is 4.79 Å². The maximum Gasteiger partial charge on any atom is 0.335 e. The highest BCUT2D eigenvalue weighted by molar-refractivity contribution is 5.87. The maximum absolute atomic E-state index is 11.1. The van der Waals surface area contributed by atoms with Crippen molar-refractivity contribution < 1.29 is 9.90 Å². The van der Waals surface area contributed by atoms with Gasteiger partial charge in [-0.1, -0.05) is 54.6 Å². The first-order valence-electron chi connectivity index (χ1n) is 8.95. The zero-order chi connectivity index (χ0) is 20.4. The van der Waals surface area contributed by atoms with Gasteiger partial charge in [0.2, 0.25) is 0 Å². The van der Waals surface area contributed by atoms with Crippen molar-refractivity contribution in [1.82, 2.24) is 9.78 Å². The van der Waals surface area contributed by atoms with Crippen LogP contribution in [0.4, 0.5) is 0 Å². The quantitative estimate of drug-likeness (QED) is 0.445. The van der Waals surface area contributed by atoms with Gasteiger partial charge in [0.1, 0.15) is 0 Å². The first-order chi connectivity index (χ1) is 13.7. The van der Waals surface area contributed by atoms with Crippen LogP contribution in [-0.2, 0) is 6.42 Å². The number of carboxylic acids is 1. The van der Waals surface area contributed by atoms with Crippen molar-refractivity contribution in [3.05, 3.63) is 109 Å². The molecule has 3 aromatic rings. The third-order valence-corrected chi connectivity index (χ3v) is 3.98. The van der Waals surface area contributed by atoms with Crippen molar-refractivity contribution in [3.8, 4) is 16.9 Å². The van der Waals surface area contributed by atoms with Gasteiger partial charge in [0.05, 0.1) is 16.9 Å². The van der Waals surface area contributed by atoms with E-state index in [1.165, 1.54) is 0 Å². The fourth-order valence-corrected chi connectivity index (χ4v) is 2.66. The van der Waals surface area contributed by atoms with Gasteiger partial charge in [-0.15, -0.1) is 13.2 Å². The molecule has 0 fully saturated rings. The van der Waals surface area contributed by atoms with Gasteiger partial charge in [0, 0.05) is 17.7 Å². The second-order valence-corrected chi connectivity index (χ2v) is 5.81. The van der Waals surface area contributed by atoms with Gasteiger partial charge in [-0.25, -0.2) is 9.48 Å². The lowest BCUT2D eigenvalue weighted by Gasteiger charge is -2.06. The van der Waals surface area contributed by atoms with Crippen molar-refractivity contribution in [2.45, 2.75) is 13.3 Å². The van der Waals surface area contributed by atoms with Gasteiger partial charge in [0.25, 0.3) is 0 Å². The van der Waals surface area contributed by atoms with Crippen LogP contribution < -0.4 is 0 Å². The average molecular weight is 372 g/mol. The molecule has 4 heteroatoms. The molecule has 0 spiro atoms. The average Bonchev–Trinajstić information content (AvgIpc) is 3.17. The molecule has 0 aliphatic carbocycles. The first kappa shape index (κ1) is 20.6. The van der Waals surface area contributed by atoms with Gasteiger partial charge in [-0.2, -0.15) is 5.10 Å². The number of aromatic nitrogens is 2. The Morgan fingerprint density at radius 2 is 1.75 bits per heavy atom. The molecule has 0 saturated heterocycles. The highest BCUT2D eigenvalue weighted by Gasteiger charge is 2.11. The Labute approximate surface area is 165 Å². The number of carboxylic acid groups (broad SMARTS) is 1. The van der Waals surface area contributed by atoms with Crippen molar-refractivity contribution in [2.75, 3.05) is 0 Å². The summed E-state index contributed by atoms with van der Waals surface area (Å²) in [4.78, 5) is 11.1. The molecule has 0 saturated carbocycles. The van der Waals surface area contributed by atoms with Crippen LogP contribution in [0.25, 0.3) is 16.9 Å². The summed E-state index contributed by atoms with van der Waals surface area (Å²) >= 11 is 0. The van der Waals surface area contributed by atoms with Crippen LogP contribution in [0.1, 0.15) is 23.0 Å². The molecule has 142 valence electrons. The number of rotatable bonds is 6.